The van der Waals surface area contributed by atoms with Gasteiger partial charge in [-0.15, -0.1) is 0 Å². The molecule has 1 saturated heterocycles. The molecule has 0 bridgehead atoms. The quantitative estimate of drug-likeness (QED) is 0.369. The van der Waals surface area contributed by atoms with Crippen molar-refractivity contribution in [3.8, 4) is 5.75 Å². The molecular formula is C13H18N2O3. The maximum atomic E-state index is 8.68. The van der Waals surface area contributed by atoms with Gasteiger partial charge in [0.25, 0.3) is 0 Å². The van der Waals surface area contributed by atoms with E-state index in [0.717, 1.165) is 29.9 Å². The van der Waals surface area contributed by atoms with Crippen LogP contribution >= 0.6 is 0 Å². The molecule has 1 atom stereocenters. The van der Waals surface area contributed by atoms with Gasteiger partial charge in [-0.1, -0.05) is 5.16 Å². The van der Waals surface area contributed by atoms with Gasteiger partial charge in [0.2, 0.25) is 0 Å². The van der Waals surface area contributed by atoms with Gasteiger partial charge in [0.15, 0.2) is 5.84 Å². The van der Waals surface area contributed by atoms with Gasteiger partial charge in [0.05, 0.1) is 13.2 Å². The molecule has 1 heterocycles. The molecule has 1 aliphatic rings. The third-order valence-corrected chi connectivity index (χ3v) is 3.04. The SMILES string of the molecule is Cc1cc(C(N)=NO)cc(C)c1OC1CCOC1. The van der Waals surface area contributed by atoms with E-state index in [9.17, 15) is 0 Å². The van der Waals surface area contributed by atoms with Gasteiger partial charge < -0.3 is 20.4 Å². The summed E-state index contributed by atoms with van der Waals surface area (Å²) in [6.07, 6.45) is 1.04. The van der Waals surface area contributed by atoms with E-state index in [1.165, 1.54) is 0 Å². The molecule has 1 unspecified atom stereocenters. The highest BCUT2D eigenvalue weighted by Crippen LogP contribution is 2.27. The molecule has 1 aromatic carbocycles. The van der Waals surface area contributed by atoms with Crippen LogP contribution in [0.2, 0.25) is 0 Å². The van der Waals surface area contributed by atoms with E-state index in [1.54, 1.807) is 0 Å². The van der Waals surface area contributed by atoms with Crippen LogP contribution in [0, 0.1) is 13.8 Å². The average molecular weight is 250 g/mol. The number of oxime groups is 1. The van der Waals surface area contributed by atoms with Crippen molar-refractivity contribution in [3.05, 3.63) is 28.8 Å². The van der Waals surface area contributed by atoms with Crippen LogP contribution in [0.5, 0.6) is 5.75 Å². The Bertz CT molecular complexity index is 442. The molecular weight excluding hydrogens is 232 g/mol. The standard InChI is InChI=1S/C13H18N2O3/c1-8-5-10(13(14)15-16)6-9(2)12(8)18-11-3-4-17-7-11/h5-6,11,16H,3-4,7H2,1-2H3,(H2,14,15). The van der Waals surface area contributed by atoms with Crippen molar-refractivity contribution in [1.82, 2.24) is 0 Å². The lowest BCUT2D eigenvalue weighted by atomic mass is 10.0. The van der Waals surface area contributed by atoms with Crippen LogP contribution in [0.4, 0.5) is 0 Å². The van der Waals surface area contributed by atoms with Crippen LogP contribution in [0.1, 0.15) is 23.1 Å². The lowest BCUT2D eigenvalue weighted by Crippen LogP contribution is -2.18. The zero-order valence-corrected chi connectivity index (χ0v) is 10.6. The molecule has 0 spiro atoms. The number of ether oxygens (including phenoxy) is 2. The molecule has 0 aliphatic carbocycles. The topological polar surface area (TPSA) is 77.1 Å². The highest BCUT2D eigenvalue weighted by atomic mass is 16.5. The average Bonchev–Trinajstić information content (AvgIpc) is 2.85. The molecule has 1 aromatic rings. The molecule has 98 valence electrons. The highest BCUT2D eigenvalue weighted by Gasteiger charge is 2.19. The van der Waals surface area contributed by atoms with E-state index < -0.39 is 0 Å². The van der Waals surface area contributed by atoms with Crippen molar-refractivity contribution < 1.29 is 14.7 Å². The van der Waals surface area contributed by atoms with Crippen LogP contribution in [0.25, 0.3) is 0 Å². The number of hydrogen-bond acceptors (Lipinski definition) is 4. The second-order valence-corrected chi connectivity index (χ2v) is 4.53. The van der Waals surface area contributed by atoms with Crippen LogP contribution in [0.15, 0.2) is 17.3 Å². The number of hydrogen-bond donors (Lipinski definition) is 2. The molecule has 0 amide bonds. The minimum Gasteiger partial charge on any atom is -0.487 e. The molecule has 1 fully saturated rings. The molecule has 5 nitrogen and oxygen atoms in total. The predicted molar refractivity (Wildman–Crippen MR) is 68.3 cm³/mol. The normalized spacial score (nSPS) is 20.1. The monoisotopic (exact) mass is 250 g/mol. The van der Waals surface area contributed by atoms with Crippen molar-refractivity contribution in [2.75, 3.05) is 13.2 Å². The number of rotatable bonds is 3. The van der Waals surface area contributed by atoms with Crippen LogP contribution in [-0.4, -0.2) is 30.4 Å². The highest BCUT2D eigenvalue weighted by molar-refractivity contribution is 5.97. The molecule has 5 heteroatoms. The molecule has 3 N–H and O–H groups in total. The molecule has 0 saturated carbocycles. The zero-order chi connectivity index (χ0) is 13.1. The summed E-state index contributed by atoms with van der Waals surface area (Å²) in [5.74, 6) is 0.969. The fourth-order valence-corrected chi connectivity index (χ4v) is 2.11. The van der Waals surface area contributed by atoms with Gasteiger partial charge >= 0.3 is 0 Å². The minimum absolute atomic E-state index is 0.108. The first-order chi connectivity index (χ1) is 8.61. The van der Waals surface area contributed by atoms with Crippen molar-refractivity contribution in [2.45, 2.75) is 26.4 Å². The molecule has 0 radical (unpaired) electrons. The summed E-state index contributed by atoms with van der Waals surface area (Å²) < 4.78 is 11.2. The van der Waals surface area contributed by atoms with E-state index in [-0.39, 0.29) is 11.9 Å². The first kappa shape index (κ1) is 12.7. The Kier molecular flexibility index (Phi) is 3.72. The lowest BCUT2D eigenvalue weighted by Gasteiger charge is -2.17. The third kappa shape index (κ3) is 2.56. The first-order valence-electron chi connectivity index (χ1n) is 5.95. The van der Waals surface area contributed by atoms with E-state index in [2.05, 4.69) is 5.16 Å². The van der Waals surface area contributed by atoms with Crippen molar-refractivity contribution in [3.63, 3.8) is 0 Å². The Hall–Kier alpha value is -1.75. The predicted octanol–water partition coefficient (Wildman–Crippen LogP) is 1.57. The maximum absolute atomic E-state index is 8.68. The van der Waals surface area contributed by atoms with Crippen LogP contribution in [-0.2, 0) is 4.74 Å². The second kappa shape index (κ2) is 5.27. The molecule has 0 aromatic heterocycles. The van der Waals surface area contributed by atoms with E-state index in [0.29, 0.717) is 12.2 Å². The summed E-state index contributed by atoms with van der Waals surface area (Å²) in [5, 5.41) is 11.7. The Morgan fingerprint density at radius 3 is 2.61 bits per heavy atom. The van der Waals surface area contributed by atoms with Crippen molar-refractivity contribution in [2.24, 2.45) is 10.9 Å². The largest absolute Gasteiger partial charge is 0.487 e. The summed E-state index contributed by atoms with van der Waals surface area (Å²) in [6, 6.07) is 3.71. The van der Waals surface area contributed by atoms with Gasteiger partial charge in [0, 0.05) is 12.0 Å². The second-order valence-electron chi connectivity index (χ2n) is 4.53. The van der Waals surface area contributed by atoms with Crippen LogP contribution < -0.4 is 10.5 Å². The molecule has 18 heavy (non-hydrogen) atoms. The van der Waals surface area contributed by atoms with Gasteiger partial charge in [-0.25, -0.2) is 0 Å². The number of amidine groups is 1. The smallest absolute Gasteiger partial charge is 0.170 e. The Morgan fingerprint density at radius 1 is 1.44 bits per heavy atom. The van der Waals surface area contributed by atoms with Crippen molar-refractivity contribution in [1.29, 1.82) is 0 Å². The Labute approximate surface area is 106 Å². The van der Waals surface area contributed by atoms with Gasteiger partial charge in [-0.3, -0.25) is 0 Å². The summed E-state index contributed by atoms with van der Waals surface area (Å²) >= 11 is 0. The molecule has 2 rings (SSSR count). The van der Waals surface area contributed by atoms with Gasteiger partial charge in [-0.2, -0.15) is 0 Å². The van der Waals surface area contributed by atoms with Gasteiger partial charge in [-0.05, 0) is 37.1 Å². The van der Waals surface area contributed by atoms with E-state index in [4.69, 9.17) is 20.4 Å². The fraction of sp³-hybridized carbons (Fsp3) is 0.462. The van der Waals surface area contributed by atoms with Gasteiger partial charge in [0.1, 0.15) is 11.9 Å². The van der Waals surface area contributed by atoms with Crippen LogP contribution in [0.3, 0.4) is 0 Å². The third-order valence-electron chi connectivity index (χ3n) is 3.04. The van der Waals surface area contributed by atoms with Crippen molar-refractivity contribution >= 4 is 5.84 Å². The number of benzene rings is 1. The number of nitrogens with two attached hydrogens (primary N) is 1. The summed E-state index contributed by atoms with van der Waals surface area (Å²) in [6.45, 7) is 5.30. The summed E-state index contributed by atoms with van der Waals surface area (Å²) in [5.41, 5.74) is 8.23. The maximum Gasteiger partial charge on any atom is 0.170 e. The summed E-state index contributed by atoms with van der Waals surface area (Å²) in [4.78, 5) is 0. The first-order valence-corrected chi connectivity index (χ1v) is 5.95. The fourth-order valence-electron chi connectivity index (χ4n) is 2.11. The summed E-state index contributed by atoms with van der Waals surface area (Å²) in [7, 11) is 0. The molecule has 1 aliphatic heterocycles. The Balaban J connectivity index is 2.26. The lowest BCUT2D eigenvalue weighted by molar-refractivity contribution is 0.140. The number of nitrogens with zero attached hydrogens (tertiary/aromatic N) is 1. The minimum atomic E-state index is 0.108. The van der Waals surface area contributed by atoms with E-state index in [1.807, 2.05) is 26.0 Å². The Morgan fingerprint density at radius 2 is 2.11 bits per heavy atom. The number of aryl methyl sites for hydroxylation is 2. The zero-order valence-electron chi connectivity index (χ0n) is 10.6. The van der Waals surface area contributed by atoms with E-state index >= 15 is 0 Å².